The molecule has 236 valence electrons. The van der Waals surface area contributed by atoms with Gasteiger partial charge in [0.15, 0.2) is 5.82 Å². The molecule has 0 aliphatic carbocycles. The quantitative estimate of drug-likeness (QED) is 0.188. The SMILES string of the molecule is c1ccc(-c2nc(-c3ccc4c(c3)c3ccccc3n4-c3ccc4c5cccc6c7ccccc7n(c4c3)c65)nc3sc4ccccc4c23)cc1. The molecule has 0 radical (unpaired) electrons. The maximum atomic E-state index is 5.30. The lowest BCUT2D eigenvalue weighted by atomic mass is 10.0. The van der Waals surface area contributed by atoms with Gasteiger partial charge in [0.1, 0.15) is 4.83 Å². The molecule has 0 bridgehead atoms. The Morgan fingerprint density at radius 3 is 1.94 bits per heavy atom. The summed E-state index contributed by atoms with van der Waals surface area (Å²) in [4.78, 5) is 11.5. The highest BCUT2D eigenvalue weighted by Gasteiger charge is 2.21. The molecular weight excluding hydrogens is 641 g/mol. The molecule has 0 aliphatic heterocycles. The van der Waals surface area contributed by atoms with E-state index in [0.29, 0.717) is 0 Å². The zero-order valence-corrected chi connectivity index (χ0v) is 28.0. The van der Waals surface area contributed by atoms with Gasteiger partial charge in [-0.25, -0.2) is 9.97 Å². The maximum Gasteiger partial charge on any atom is 0.161 e. The first-order valence-corrected chi connectivity index (χ1v) is 18.1. The Bertz CT molecular complexity index is 3370. The van der Waals surface area contributed by atoms with E-state index < -0.39 is 0 Å². The Balaban J connectivity index is 1.10. The van der Waals surface area contributed by atoms with Crippen LogP contribution in [0.1, 0.15) is 0 Å². The van der Waals surface area contributed by atoms with E-state index in [1.807, 2.05) is 0 Å². The second-order valence-corrected chi connectivity index (χ2v) is 14.4. The first-order valence-electron chi connectivity index (χ1n) is 17.3. The third-order valence-electron chi connectivity index (χ3n) is 10.7. The summed E-state index contributed by atoms with van der Waals surface area (Å²) in [6.45, 7) is 0. The summed E-state index contributed by atoms with van der Waals surface area (Å²) < 4.78 is 6.09. The third-order valence-corrected chi connectivity index (χ3v) is 11.7. The molecule has 12 rings (SSSR count). The molecule has 0 fully saturated rings. The molecule has 0 unspecified atom stereocenters. The summed E-state index contributed by atoms with van der Waals surface area (Å²) in [5, 5.41) is 9.87. The van der Waals surface area contributed by atoms with Gasteiger partial charge < -0.3 is 8.97 Å². The molecule has 0 amide bonds. The van der Waals surface area contributed by atoms with Crippen molar-refractivity contribution in [1.82, 2.24) is 18.9 Å². The first-order chi connectivity index (χ1) is 25.3. The van der Waals surface area contributed by atoms with Gasteiger partial charge in [0.2, 0.25) is 0 Å². The first kappa shape index (κ1) is 27.3. The van der Waals surface area contributed by atoms with Gasteiger partial charge in [0.05, 0.1) is 33.3 Å². The standard InChI is InChI=1S/C46H26N4S/c1-2-11-27(12-3-1)43-42-35-15-6-9-20-41(35)51-46(42)48-45(47-43)28-21-24-39-36(25-28)31-14-5-7-18-37(31)49(39)29-22-23-32-34-17-10-16-33-30-13-4-8-19-38(30)50(44(33)34)40(32)26-29/h1-26H. The van der Waals surface area contributed by atoms with Gasteiger partial charge >= 0.3 is 0 Å². The lowest BCUT2D eigenvalue weighted by molar-refractivity contribution is 1.18. The molecule has 0 spiro atoms. The highest BCUT2D eigenvalue weighted by atomic mass is 32.1. The summed E-state index contributed by atoms with van der Waals surface area (Å²) in [5.41, 5.74) is 10.3. The Hall–Kier alpha value is -6.56. The van der Waals surface area contributed by atoms with Crippen molar-refractivity contribution in [3.63, 3.8) is 0 Å². The van der Waals surface area contributed by atoms with Crippen molar-refractivity contribution < 1.29 is 0 Å². The molecule has 0 N–H and O–H groups in total. The average molecular weight is 667 g/mol. The highest BCUT2D eigenvalue weighted by molar-refractivity contribution is 7.25. The number of hydrogen-bond donors (Lipinski definition) is 0. The van der Waals surface area contributed by atoms with E-state index in [9.17, 15) is 0 Å². The van der Waals surface area contributed by atoms with Crippen LogP contribution in [0.3, 0.4) is 0 Å². The molecule has 51 heavy (non-hydrogen) atoms. The van der Waals surface area contributed by atoms with E-state index in [2.05, 4.69) is 167 Å². The number of fused-ring (bicyclic) bond motifs is 12. The van der Waals surface area contributed by atoms with E-state index in [4.69, 9.17) is 9.97 Å². The molecule has 12 aromatic rings. The molecule has 5 heterocycles. The van der Waals surface area contributed by atoms with Crippen LogP contribution in [-0.2, 0) is 0 Å². The average Bonchev–Trinajstić information content (AvgIpc) is 3.93. The van der Waals surface area contributed by atoms with Crippen molar-refractivity contribution in [2.45, 2.75) is 0 Å². The van der Waals surface area contributed by atoms with Gasteiger partial charge in [0, 0.05) is 64.6 Å². The fraction of sp³-hybridized carbons (Fsp3) is 0. The summed E-state index contributed by atoms with van der Waals surface area (Å²) in [6.07, 6.45) is 0. The van der Waals surface area contributed by atoms with Gasteiger partial charge in [-0.15, -0.1) is 11.3 Å². The normalized spacial score (nSPS) is 12.3. The van der Waals surface area contributed by atoms with E-state index in [1.165, 1.54) is 64.5 Å². The van der Waals surface area contributed by atoms with Crippen LogP contribution in [0.25, 0.3) is 109 Å². The van der Waals surface area contributed by atoms with Crippen LogP contribution in [0.4, 0.5) is 0 Å². The summed E-state index contributed by atoms with van der Waals surface area (Å²) in [5.74, 6) is 0.741. The monoisotopic (exact) mass is 666 g/mol. The third kappa shape index (κ3) is 3.68. The van der Waals surface area contributed by atoms with Crippen LogP contribution in [0, 0.1) is 0 Å². The van der Waals surface area contributed by atoms with E-state index in [1.54, 1.807) is 11.3 Å². The van der Waals surface area contributed by atoms with Gasteiger partial charge in [-0.05, 0) is 48.5 Å². The number of rotatable bonds is 3. The van der Waals surface area contributed by atoms with E-state index in [-0.39, 0.29) is 0 Å². The van der Waals surface area contributed by atoms with E-state index in [0.717, 1.165) is 44.1 Å². The number of nitrogens with zero attached hydrogens (tertiary/aromatic N) is 4. The second-order valence-electron chi connectivity index (χ2n) is 13.4. The topological polar surface area (TPSA) is 35.1 Å². The Morgan fingerprint density at radius 2 is 1.10 bits per heavy atom. The predicted octanol–water partition coefficient (Wildman–Crippen LogP) is 12.4. The van der Waals surface area contributed by atoms with Gasteiger partial charge in [-0.3, -0.25) is 0 Å². The number of hydrogen-bond acceptors (Lipinski definition) is 3. The lowest BCUT2D eigenvalue weighted by Crippen LogP contribution is -1.95. The Kier molecular flexibility index (Phi) is 5.35. The molecule has 7 aromatic carbocycles. The molecule has 0 saturated carbocycles. The van der Waals surface area contributed by atoms with Crippen molar-refractivity contribution in [2.24, 2.45) is 0 Å². The van der Waals surface area contributed by atoms with Crippen molar-refractivity contribution >= 4 is 91.5 Å². The van der Waals surface area contributed by atoms with Crippen LogP contribution in [0.15, 0.2) is 158 Å². The van der Waals surface area contributed by atoms with Crippen LogP contribution in [-0.4, -0.2) is 18.9 Å². The second kappa shape index (κ2) is 10.0. The van der Waals surface area contributed by atoms with E-state index >= 15 is 0 Å². The molecule has 4 nitrogen and oxygen atoms in total. The molecule has 5 aromatic heterocycles. The zero-order valence-electron chi connectivity index (χ0n) is 27.2. The number of aromatic nitrogens is 4. The minimum atomic E-state index is 0.741. The fourth-order valence-corrected chi connectivity index (χ4v) is 9.58. The van der Waals surface area contributed by atoms with Gasteiger partial charge in [-0.2, -0.15) is 0 Å². The number of para-hydroxylation sites is 3. The smallest absolute Gasteiger partial charge is 0.161 e. The highest BCUT2D eigenvalue weighted by Crippen LogP contribution is 2.42. The largest absolute Gasteiger partial charge is 0.309 e. The van der Waals surface area contributed by atoms with Crippen molar-refractivity contribution in [3.8, 4) is 28.3 Å². The summed E-state index contributed by atoms with van der Waals surface area (Å²) in [7, 11) is 0. The minimum Gasteiger partial charge on any atom is -0.309 e. The maximum absolute atomic E-state index is 5.30. The lowest BCUT2D eigenvalue weighted by Gasteiger charge is -2.10. The van der Waals surface area contributed by atoms with Gasteiger partial charge in [0.25, 0.3) is 0 Å². The molecule has 0 saturated heterocycles. The van der Waals surface area contributed by atoms with Crippen LogP contribution in [0.5, 0.6) is 0 Å². The Morgan fingerprint density at radius 1 is 0.431 bits per heavy atom. The fourth-order valence-electron chi connectivity index (χ4n) is 8.51. The number of benzene rings is 7. The van der Waals surface area contributed by atoms with Crippen molar-refractivity contribution in [1.29, 1.82) is 0 Å². The number of thiophene rings is 1. The van der Waals surface area contributed by atoms with Crippen molar-refractivity contribution in [2.75, 3.05) is 0 Å². The zero-order chi connectivity index (χ0) is 33.2. The van der Waals surface area contributed by atoms with Gasteiger partial charge in [-0.1, -0.05) is 109 Å². The Labute approximate surface area is 295 Å². The summed E-state index contributed by atoms with van der Waals surface area (Å²) >= 11 is 1.73. The van der Waals surface area contributed by atoms with Crippen LogP contribution in [0.2, 0.25) is 0 Å². The molecule has 0 atom stereocenters. The molecule has 0 aliphatic rings. The van der Waals surface area contributed by atoms with Crippen LogP contribution < -0.4 is 0 Å². The minimum absolute atomic E-state index is 0.741. The van der Waals surface area contributed by atoms with Crippen molar-refractivity contribution in [3.05, 3.63) is 158 Å². The predicted molar refractivity (Wildman–Crippen MR) is 215 cm³/mol. The summed E-state index contributed by atoms with van der Waals surface area (Å²) in [6, 6.07) is 56.9. The van der Waals surface area contributed by atoms with Crippen LogP contribution >= 0.6 is 11.3 Å². The molecule has 5 heteroatoms. The molecular formula is C46H26N4S.